The van der Waals surface area contributed by atoms with E-state index in [-0.39, 0.29) is 0 Å². The molecule has 0 saturated carbocycles. The van der Waals surface area contributed by atoms with Gasteiger partial charge in [0.25, 0.3) is 0 Å². The molecule has 0 fully saturated rings. The molecule has 0 saturated heterocycles. The molecule has 0 amide bonds. The van der Waals surface area contributed by atoms with Crippen molar-refractivity contribution in [2.45, 2.75) is 33.6 Å². The van der Waals surface area contributed by atoms with E-state index in [1.54, 1.807) is 0 Å². The van der Waals surface area contributed by atoms with Crippen LogP contribution in [0.5, 0.6) is 11.5 Å². The standard InChI is InChI=1S/C46H36N6O/c1-28(2)33-14-5-6-17-38(33)44-48-49-45-39-26-31(20-22-34(39)35-15-7-10-19-41(35)52(44)45)53-32-21-23-37-36-16-8-9-18-40(36)51(42(37)27-32)46-47-24-25-50(46)43-29(3)12-11-13-30(43)4/h5-28H,1-4H3. The molecule has 0 N–H and O–H groups in total. The number of ether oxygens (including phenoxy) is 1. The van der Waals surface area contributed by atoms with E-state index in [1.807, 2.05) is 18.5 Å². The largest absolute Gasteiger partial charge is 0.457 e. The summed E-state index contributed by atoms with van der Waals surface area (Å²) in [5, 5.41) is 15.1. The van der Waals surface area contributed by atoms with Gasteiger partial charge >= 0.3 is 0 Å². The zero-order valence-corrected chi connectivity index (χ0v) is 29.9. The lowest BCUT2D eigenvalue weighted by atomic mass is 9.96. The summed E-state index contributed by atoms with van der Waals surface area (Å²) in [4.78, 5) is 4.93. The van der Waals surface area contributed by atoms with Crippen molar-refractivity contribution in [3.05, 3.63) is 156 Å². The summed E-state index contributed by atoms with van der Waals surface area (Å²) < 4.78 is 13.4. The molecule has 10 aromatic rings. The van der Waals surface area contributed by atoms with Gasteiger partial charge in [-0.1, -0.05) is 92.7 Å². The summed E-state index contributed by atoms with van der Waals surface area (Å²) in [6.45, 7) is 8.73. The van der Waals surface area contributed by atoms with Gasteiger partial charge in [-0.05, 0) is 84.3 Å². The molecule has 0 aliphatic heterocycles. The van der Waals surface area contributed by atoms with Crippen LogP contribution < -0.4 is 4.74 Å². The van der Waals surface area contributed by atoms with E-state index in [0.29, 0.717) is 5.92 Å². The van der Waals surface area contributed by atoms with E-state index in [1.165, 1.54) is 16.7 Å². The van der Waals surface area contributed by atoms with Crippen molar-refractivity contribution in [3.63, 3.8) is 0 Å². The van der Waals surface area contributed by atoms with Crippen molar-refractivity contribution in [2.24, 2.45) is 0 Å². The Labute approximate surface area is 306 Å². The third-order valence-corrected chi connectivity index (χ3v) is 10.5. The van der Waals surface area contributed by atoms with Crippen LogP contribution in [0.3, 0.4) is 0 Å². The monoisotopic (exact) mass is 688 g/mol. The first-order chi connectivity index (χ1) is 26.0. The van der Waals surface area contributed by atoms with Crippen LogP contribution in [-0.4, -0.2) is 28.7 Å². The molecule has 4 aromatic heterocycles. The first-order valence-corrected chi connectivity index (χ1v) is 18.1. The first-order valence-electron chi connectivity index (χ1n) is 18.1. The summed E-state index contributed by atoms with van der Waals surface area (Å²) in [5.41, 5.74) is 9.82. The highest BCUT2D eigenvalue weighted by Gasteiger charge is 2.21. The van der Waals surface area contributed by atoms with Crippen LogP contribution in [0.25, 0.3) is 72.2 Å². The van der Waals surface area contributed by atoms with Gasteiger partial charge in [0.15, 0.2) is 11.5 Å². The Kier molecular flexibility index (Phi) is 6.98. The van der Waals surface area contributed by atoms with Gasteiger partial charge in [0.05, 0.1) is 22.2 Å². The Morgan fingerprint density at radius 3 is 2.04 bits per heavy atom. The van der Waals surface area contributed by atoms with Crippen LogP contribution in [0, 0.1) is 13.8 Å². The van der Waals surface area contributed by atoms with Crippen LogP contribution in [0.1, 0.15) is 36.5 Å². The lowest BCUT2D eigenvalue weighted by molar-refractivity contribution is 0.484. The molecule has 0 bridgehead atoms. The van der Waals surface area contributed by atoms with Crippen molar-refractivity contribution >= 4 is 49.1 Å². The molecule has 0 radical (unpaired) electrons. The molecule has 7 nitrogen and oxygen atoms in total. The minimum Gasteiger partial charge on any atom is -0.457 e. The van der Waals surface area contributed by atoms with Gasteiger partial charge in [0, 0.05) is 45.6 Å². The van der Waals surface area contributed by atoms with Gasteiger partial charge in [0.1, 0.15) is 11.5 Å². The molecule has 53 heavy (non-hydrogen) atoms. The zero-order chi connectivity index (χ0) is 35.8. The minimum absolute atomic E-state index is 0.341. The maximum absolute atomic E-state index is 6.72. The van der Waals surface area contributed by atoms with E-state index in [2.05, 4.69) is 163 Å². The smallest absolute Gasteiger partial charge is 0.219 e. The summed E-state index contributed by atoms with van der Waals surface area (Å²) in [5.74, 6) is 3.46. The molecule has 0 unspecified atom stereocenters. The highest BCUT2D eigenvalue weighted by atomic mass is 16.5. The van der Waals surface area contributed by atoms with Gasteiger partial charge in [0.2, 0.25) is 5.95 Å². The molecule has 256 valence electrons. The average Bonchev–Trinajstić information content (AvgIpc) is 3.91. The molecule has 0 aliphatic carbocycles. The maximum Gasteiger partial charge on any atom is 0.219 e. The molecule has 0 aliphatic rings. The van der Waals surface area contributed by atoms with Gasteiger partial charge in [-0.2, -0.15) is 0 Å². The number of rotatable bonds is 6. The van der Waals surface area contributed by atoms with Crippen LogP contribution in [-0.2, 0) is 0 Å². The number of benzene rings is 6. The van der Waals surface area contributed by atoms with Crippen LogP contribution in [0.4, 0.5) is 0 Å². The van der Waals surface area contributed by atoms with Crippen molar-refractivity contribution < 1.29 is 4.74 Å². The molecular formula is C46H36N6O. The van der Waals surface area contributed by atoms with Crippen molar-refractivity contribution in [2.75, 3.05) is 0 Å². The zero-order valence-electron chi connectivity index (χ0n) is 29.9. The first kappa shape index (κ1) is 31.0. The number of nitrogens with zero attached hydrogens (tertiary/aromatic N) is 6. The second-order valence-corrected chi connectivity index (χ2v) is 14.1. The fourth-order valence-corrected chi connectivity index (χ4v) is 8.16. The van der Waals surface area contributed by atoms with E-state index in [4.69, 9.17) is 19.9 Å². The third kappa shape index (κ3) is 4.77. The van der Waals surface area contributed by atoms with Crippen LogP contribution >= 0.6 is 0 Å². The van der Waals surface area contributed by atoms with Crippen molar-refractivity contribution in [3.8, 4) is 34.5 Å². The van der Waals surface area contributed by atoms with E-state index in [9.17, 15) is 0 Å². The molecule has 0 atom stereocenters. The fourth-order valence-electron chi connectivity index (χ4n) is 8.16. The lowest BCUT2D eigenvalue weighted by Gasteiger charge is -2.16. The van der Waals surface area contributed by atoms with E-state index < -0.39 is 0 Å². The molecule has 7 heteroatoms. The van der Waals surface area contributed by atoms with Gasteiger partial charge < -0.3 is 4.74 Å². The summed E-state index contributed by atoms with van der Waals surface area (Å²) >= 11 is 0. The number of aryl methyl sites for hydroxylation is 2. The Hall–Kier alpha value is -6.73. The molecular weight excluding hydrogens is 653 g/mol. The van der Waals surface area contributed by atoms with E-state index >= 15 is 0 Å². The van der Waals surface area contributed by atoms with Crippen LogP contribution in [0.15, 0.2) is 140 Å². The number of hydrogen-bond donors (Lipinski definition) is 0. The van der Waals surface area contributed by atoms with Crippen molar-refractivity contribution in [1.82, 2.24) is 28.7 Å². The van der Waals surface area contributed by atoms with E-state index in [0.717, 1.165) is 83.7 Å². The normalized spacial score (nSPS) is 11.9. The molecule has 0 spiro atoms. The molecule has 4 heterocycles. The Balaban J connectivity index is 1.14. The number of para-hydroxylation sites is 3. The predicted octanol–water partition coefficient (Wildman–Crippen LogP) is 11.5. The van der Waals surface area contributed by atoms with Crippen molar-refractivity contribution in [1.29, 1.82) is 0 Å². The van der Waals surface area contributed by atoms with Crippen LogP contribution in [0.2, 0.25) is 0 Å². The highest BCUT2D eigenvalue weighted by molar-refractivity contribution is 6.13. The lowest BCUT2D eigenvalue weighted by Crippen LogP contribution is -2.07. The van der Waals surface area contributed by atoms with Gasteiger partial charge in [-0.3, -0.25) is 13.5 Å². The Morgan fingerprint density at radius 1 is 0.585 bits per heavy atom. The second kappa shape index (κ2) is 11.9. The van der Waals surface area contributed by atoms with Gasteiger partial charge in [-0.15, -0.1) is 10.2 Å². The second-order valence-electron chi connectivity index (χ2n) is 14.1. The Bertz CT molecular complexity index is 3030. The number of imidazole rings is 1. The minimum atomic E-state index is 0.341. The average molecular weight is 689 g/mol. The third-order valence-electron chi connectivity index (χ3n) is 10.5. The number of aromatic nitrogens is 6. The summed E-state index contributed by atoms with van der Waals surface area (Å²) in [6, 6.07) is 44.5. The number of hydrogen-bond acceptors (Lipinski definition) is 4. The maximum atomic E-state index is 6.72. The Morgan fingerprint density at radius 2 is 1.25 bits per heavy atom. The highest BCUT2D eigenvalue weighted by Crippen LogP contribution is 2.39. The quantitative estimate of drug-likeness (QED) is 0.163. The topological polar surface area (TPSA) is 62.2 Å². The SMILES string of the molecule is Cc1cccc(C)c1-n1ccnc1-n1c2ccccc2c2ccc(Oc3ccc4c5ccccc5n5c(-c6ccccc6C(C)C)nnc5c4c3)cc21. The predicted molar refractivity (Wildman–Crippen MR) is 215 cm³/mol. The molecule has 6 aromatic carbocycles. The summed E-state index contributed by atoms with van der Waals surface area (Å²) in [7, 11) is 0. The summed E-state index contributed by atoms with van der Waals surface area (Å²) in [6.07, 6.45) is 3.92. The van der Waals surface area contributed by atoms with Gasteiger partial charge in [-0.25, -0.2) is 4.98 Å². The molecule has 10 rings (SSSR count). The number of fused-ring (bicyclic) bond motifs is 9. The number of pyridine rings is 1. The fraction of sp³-hybridized carbons (Fsp3) is 0.109.